The molecule has 0 spiro atoms. The third-order valence-electron chi connectivity index (χ3n) is 1.41. The molecule has 0 radical (unpaired) electrons. The van der Waals surface area contributed by atoms with Crippen molar-refractivity contribution in [1.29, 1.82) is 0 Å². The van der Waals surface area contributed by atoms with E-state index in [0.29, 0.717) is 6.42 Å². The van der Waals surface area contributed by atoms with Crippen molar-refractivity contribution in [2.75, 3.05) is 0 Å². The molecule has 0 unspecified atom stereocenters. The van der Waals surface area contributed by atoms with Gasteiger partial charge in [0.2, 0.25) is 0 Å². The largest absolute Gasteiger partial charge is 2.00 e. The van der Waals surface area contributed by atoms with E-state index in [4.69, 9.17) is 10.2 Å². The molecule has 0 aliphatic heterocycles. The molecule has 0 bridgehead atoms. The summed E-state index contributed by atoms with van der Waals surface area (Å²) in [6.45, 7) is 8.89. The molecule has 0 saturated carbocycles. The average Bonchev–Trinajstić information content (AvgIpc) is 2.14. The van der Waals surface area contributed by atoms with Crippen LogP contribution in [0.15, 0.2) is 0 Å². The van der Waals surface area contributed by atoms with Crippen molar-refractivity contribution in [3.05, 3.63) is 13.0 Å². The molecule has 0 fully saturated rings. The topological polar surface area (TPSA) is 86.6 Å². The smallest absolute Gasteiger partial charge is 0.503 e. The zero-order chi connectivity index (χ0) is 13.8. The third kappa shape index (κ3) is 21.4. The molecule has 0 heterocycles. The van der Waals surface area contributed by atoms with Gasteiger partial charge in [-0.25, -0.2) is 6.54 Å². The van der Waals surface area contributed by atoms with Gasteiger partial charge in [-0.1, -0.05) is 13.8 Å². The Labute approximate surface area is 139 Å². The van der Waals surface area contributed by atoms with Gasteiger partial charge in [0.15, 0.2) is 5.91 Å². The molecule has 102 valence electrons. The van der Waals surface area contributed by atoms with Crippen molar-refractivity contribution in [3.8, 4) is 0 Å². The molecule has 0 aromatic rings. The van der Waals surface area contributed by atoms with E-state index in [2.05, 4.69) is 5.32 Å². The second kappa shape index (κ2) is 15.2. The summed E-state index contributed by atoms with van der Waals surface area (Å²) < 4.78 is 0. The maximum atomic E-state index is 11.0. The molecule has 18 heavy (non-hydrogen) atoms. The first-order chi connectivity index (χ1) is 7.83. The molecule has 0 aromatic heterocycles. The Kier molecular flexibility index (Phi) is 19.7. The normalized spacial score (nSPS) is 10.8. The summed E-state index contributed by atoms with van der Waals surface area (Å²) >= 11 is 0. The van der Waals surface area contributed by atoms with E-state index < -0.39 is 18.5 Å². The summed E-state index contributed by atoms with van der Waals surface area (Å²) in [4.78, 5) is 21.2. The first-order valence-corrected chi connectivity index (χ1v) is 5.60. The zero-order valence-electron chi connectivity index (χ0n) is 11.6. The number of aliphatic carboxylic acids is 1. The van der Waals surface area contributed by atoms with Gasteiger partial charge in [0.25, 0.3) is 0 Å². The quantitative estimate of drug-likeness (QED) is 0.502. The van der Waals surface area contributed by atoms with E-state index in [-0.39, 0.29) is 49.6 Å². The molecule has 0 saturated heterocycles. The molecule has 6 heteroatoms. The number of hydrogen-bond acceptors (Lipinski definition) is 3. The Morgan fingerprint density at radius 1 is 1.22 bits per heavy atom. The summed E-state index contributed by atoms with van der Waals surface area (Å²) in [6.07, 6.45) is 0.821. The molecule has 0 rings (SSSR count). The number of rotatable bonds is 6. The number of carbonyl (C=O) groups excluding carboxylic acids is 1. The van der Waals surface area contributed by atoms with E-state index in [1.165, 1.54) is 0 Å². The monoisotopic (exact) mass is 285 g/mol. The van der Waals surface area contributed by atoms with Crippen LogP contribution >= 0.6 is 0 Å². The van der Waals surface area contributed by atoms with Crippen molar-refractivity contribution in [3.63, 3.8) is 0 Å². The van der Waals surface area contributed by atoms with Crippen LogP contribution in [0, 0.1) is 18.9 Å². The van der Waals surface area contributed by atoms with E-state index in [9.17, 15) is 9.59 Å². The number of nitrogens with one attached hydrogen (secondary N) is 1. The summed E-state index contributed by atoms with van der Waals surface area (Å²) in [5.74, 6) is -1.09. The molecular weight excluding hydrogens is 262 g/mol. The zero-order valence-corrected chi connectivity index (χ0v) is 13.9. The molecule has 1 amide bonds. The van der Waals surface area contributed by atoms with Crippen LogP contribution in [0.3, 0.4) is 0 Å². The van der Waals surface area contributed by atoms with Gasteiger partial charge in [-0.2, -0.15) is 13.8 Å². The van der Waals surface area contributed by atoms with Gasteiger partial charge in [0, 0.05) is 12.8 Å². The Bertz CT molecular complexity index is 222. The number of hydrogen-bond donors (Lipinski definition) is 3. The Hall–Kier alpha value is 0.160. The SMILES string of the molecule is CC(C)CC(=O)N[CH-][C@@H](O)CC(=O)O.C[CH-]C.[Ca+2]. The summed E-state index contributed by atoms with van der Waals surface area (Å²) in [5.41, 5.74) is 0. The number of carbonyl (C=O) groups is 2. The van der Waals surface area contributed by atoms with Crippen LogP contribution in [-0.2, 0) is 9.59 Å². The van der Waals surface area contributed by atoms with Gasteiger partial charge < -0.3 is 22.0 Å². The van der Waals surface area contributed by atoms with Crippen molar-refractivity contribution < 1.29 is 19.8 Å². The van der Waals surface area contributed by atoms with Crippen molar-refractivity contribution in [1.82, 2.24) is 5.32 Å². The van der Waals surface area contributed by atoms with Crippen molar-refractivity contribution in [2.24, 2.45) is 5.92 Å². The molecule has 0 aromatic carbocycles. The van der Waals surface area contributed by atoms with Crippen LogP contribution in [-0.4, -0.2) is 65.9 Å². The van der Waals surface area contributed by atoms with Crippen LogP contribution in [0.4, 0.5) is 0 Å². The molecule has 5 nitrogen and oxygen atoms in total. The standard InChI is InChI=1S/C9H16NO4.C3H7.Ca/c1-6(2)3-8(12)10-5-7(11)4-9(13)14;1-3-2;/h5-7,11H,3-4H2,1-2H3,(H,10,12)(H,13,14);3H,1-2H3;/q2*-1;+2/t7-;;/m0../s1. The van der Waals surface area contributed by atoms with Crippen molar-refractivity contribution >= 4 is 49.6 Å². The van der Waals surface area contributed by atoms with Gasteiger partial charge in [-0.3, -0.25) is 9.59 Å². The van der Waals surface area contributed by atoms with Gasteiger partial charge in [0.1, 0.15) is 0 Å². The first-order valence-electron chi connectivity index (χ1n) is 5.60. The molecule has 0 aliphatic carbocycles. The Morgan fingerprint density at radius 2 is 1.67 bits per heavy atom. The van der Waals surface area contributed by atoms with Crippen LogP contribution in [0.2, 0.25) is 0 Å². The van der Waals surface area contributed by atoms with Gasteiger partial charge >= 0.3 is 43.7 Å². The predicted octanol–water partition coefficient (Wildman–Crippen LogP) is 0.996. The number of aliphatic hydroxyl groups is 1. The van der Waals surface area contributed by atoms with Crippen LogP contribution in [0.1, 0.15) is 40.5 Å². The van der Waals surface area contributed by atoms with Gasteiger partial charge in [-0.15, -0.1) is 0 Å². The number of amides is 1. The fraction of sp³-hybridized carbons (Fsp3) is 0.667. The number of carboxylic acid groups (broad SMARTS) is 1. The van der Waals surface area contributed by atoms with Gasteiger partial charge in [0.05, 0.1) is 0 Å². The molecule has 1 atom stereocenters. The second-order valence-corrected chi connectivity index (χ2v) is 4.07. The summed E-state index contributed by atoms with van der Waals surface area (Å²) in [5, 5.41) is 19.7. The first kappa shape index (κ1) is 23.3. The van der Waals surface area contributed by atoms with Crippen molar-refractivity contribution in [2.45, 2.75) is 46.6 Å². The minimum absolute atomic E-state index is 0. The van der Waals surface area contributed by atoms with Crippen LogP contribution < -0.4 is 5.32 Å². The number of carboxylic acids is 1. The van der Waals surface area contributed by atoms with E-state index in [0.717, 1.165) is 6.54 Å². The predicted molar refractivity (Wildman–Crippen MR) is 71.6 cm³/mol. The molecular formula is C12H23CaNO4. The van der Waals surface area contributed by atoms with E-state index >= 15 is 0 Å². The van der Waals surface area contributed by atoms with E-state index in [1.807, 2.05) is 34.1 Å². The maximum Gasteiger partial charge on any atom is 2.00 e. The fourth-order valence-electron chi connectivity index (χ4n) is 0.857. The second-order valence-electron chi connectivity index (χ2n) is 4.07. The third-order valence-corrected chi connectivity index (χ3v) is 1.41. The summed E-state index contributed by atoms with van der Waals surface area (Å²) in [6, 6.07) is 0. The van der Waals surface area contributed by atoms with Crippen LogP contribution in [0.25, 0.3) is 0 Å². The maximum absolute atomic E-state index is 11.0. The molecule has 0 aliphatic rings. The van der Waals surface area contributed by atoms with Crippen LogP contribution in [0.5, 0.6) is 0 Å². The number of aliphatic hydroxyl groups excluding tert-OH is 1. The van der Waals surface area contributed by atoms with Gasteiger partial charge in [-0.05, 0) is 12.0 Å². The minimum atomic E-state index is -1.14. The fourth-order valence-corrected chi connectivity index (χ4v) is 0.857. The van der Waals surface area contributed by atoms with E-state index in [1.54, 1.807) is 0 Å². The molecule has 3 N–H and O–H groups in total. The average molecular weight is 285 g/mol. The summed E-state index contributed by atoms with van der Waals surface area (Å²) in [7, 11) is 0. The Morgan fingerprint density at radius 3 is 2.00 bits per heavy atom. The minimum Gasteiger partial charge on any atom is -0.503 e. The Balaban J connectivity index is -0.000000507.